The van der Waals surface area contributed by atoms with Crippen LogP contribution in [-0.4, -0.2) is 25.5 Å². The summed E-state index contributed by atoms with van der Waals surface area (Å²) in [6, 6.07) is 4.85. The van der Waals surface area contributed by atoms with Gasteiger partial charge < -0.3 is 10.6 Å². The van der Waals surface area contributed by atoms with Gasteiger partial charge >= 0.3 is 0 Å². The van der Waals surface area contributed by atoms with Crippen LogP contribution in [0.25, 0.3) is 0 Å². The first-order chi connectivity index (χ1) is 8.66. The Hall–Kier alpha value is -0.650. The number of amides is 1. The summed E-state index contributed by atoms with van der Waals surface area (Å²) in [5.74, 6) is -0.0947. The van der Waals surface area contributed by atoms with Gasteiger partial charge in [0.1, 0.15) is 5.82 Å². The molecule has 1 aliphatic rings. The summed E-state index contributed by atoms with van der Waals surface area (Å²) in [7, 11) is 0. The van der Waals surface area contributed by atoms with Crippen molar-refractivity contribution in [1.82, 2.24) is 10.6 Å². The predicted octanol–water partition coefficient (Wildman–Crippen LogP) is 2.28. The molecular formula is C13H17BrClFN2O. The van der Waals surface area contributed by atoms with Gasteiger partial charge in [-0.2, -0.15) is 0 Å². The number of carbonyl (C=O) groups excluding carboxylic acids is 1. The van der Waals surface area contributed by atoms with E-state index in [1.165, 1.54) is 6.07 Å². The Kier molecular flexibility index (Phi) is 6.75. The molecule has 1 aromatic rings. The first kappa shape index (κ1) is 16.4. The van der Waals surface area contributed by atoms with Crippen molar-refractivity contribution in [2.24, 2.45) is 5.92 Å². The summed E-state index contributed by atoms with van der Waals surface area (Å²) in [5, 5.41) is 6.01. The van der Waals surface area contributed by atoms with Gasteiger partial charge in [-0.05, 0) is 43.1 Å². The summed E-state index contributed by atoms with van der Waals surface area (Å²) < 4.78 is 14.3. The van der Waals surface area contributed by atoms with Crippen molar-refractivity contribution < 1.29 is 9.18 Å². The number of hydrogen-bond acceptors (Lipinski definition) is 2. The van der Waals surface area contributed by atoms with Crippen LogP contribution in [0.3, 0.4) is 0 Å². The minimum absolute atomic E-state index is 0. The standard InChI is InChI=1S/C13H16BrFN2O.ClH/c14-11-1-2-12(15)9(7-11)4-6-17-13(18)10-3-5-16-8-10;/h1-2,7,10,16H,3-6,8H2,(H,17,18);1H. The van der Waals surface area contributed by atoms with E-state index < -0.39 is 0 Å². The highest BCUT2D eigenvalue weighted by atomic mass is 79.9. The topological polar surface area (TPSA) is 41.1 Å². The maximum atomic E-state index is 13.5. The third-order valence-corrected chi connectivity index (χ3v) is 3.63. The van der Waals surface area contributed by atoms with Crippen LogP contribution >= 0.6 is 28.3 Å². The largest absolute Gasteiger partial charge is 0.355 e. The summed E-state index contributed by atoms with van der Waals surface area (Å²) in [5.41, 5.74) is 0.620. The fourth-order valence-corrected chi connectivity index (χ4v) is 2.49. The van der Waals surface area contributed by atoms with Gasteiger partial charge in [0.2, 0.25) is 5.91 Å². The fraction of sp³-hybridized carbons (Fsp3) is 0.462. The zero-order valence-corrected chi connectivity index (χ0v) is 12.8. The van der Waals surface area contributed by atoms with Crippen LogP contribution in [0.2, 0.25) is 0 Å². The van der Waals surface area contributed by atoms with Crippen molar-refractivity contribution in [3.05, 3.63) is 34.1 Å². The van der Waals surface area contributed by atoms with Gasteiger partial charge in [0, 0.05) is 17.6 Å². The summed E-state index contributed by atoms with van der Waals surface area (Å²) in [6.07, 6.45) is 1.40. The lowest BCUT2D eigenvalue weighted by Crippen LogP contribution is -2.33. The molecule has 0 radical (unpaired) electrons. The molecular weight excluding hydrogens is 335 g/mol. The number of nitrogens with one attached hydrogen (secondary N) is 2. The van der Waals surface area contributed by atoms with Gasteiger partial charge in [-0.15, -0.1) is 12.4 Å². The first-order valence-electron chi connectivity index (χ1n) is 6.09. The second-order valence-corrected chi connectivity index (χ2v) is 5.38. The van der Waals surface area contributed by atoms with Crippen molar-refractivity contribution in [3.63, 3.8) is 0 Å². The van der Waals surface area contributed by atoms with Crippen LogP contribution in [0, 0.1) is 11.7 Å². The smallest absolute Gasteiger partial charge is 0.224 e. The normalized spacial score (nSPS) is 17.9. The molecule has 0 aromatic heterocycles. The quantitative estimate of drug-likeness (QED) is 0.874. The van der Waals surface area contributed by atoms with E-state index in [-0.39, 0.29) is 30.0 Å². The molecule has 0 aliphatic carbocycles. The van der Waals surface area contributed by atoms with E-state index in [0.717, 1.165) is 24.0 Å². The van der Waals surface area contributed by atoms with Gasteiger partial charge in [0.05, 0.1) is 5.92 Å². The SMILES string of the molecule is Cl.O=C(NCCc1cc(Br)ccc1F)C1CCNC1. The van der Waals surface area contributed by atoms with Crippen LogP contribution in [0.5, 0.6) is 0 Å². The van der Waals surface area contributed by atoms with Crippen molar-refractivity contribution in [3.8, 4) is 0 Å². The maximum Gasteiger partial charge on any atom is 0.224 e. The lowest BCUT2D eigenvalue weighted by Gasteiger charge is -2.10. The highest BCUT2D eigenvalue weighted by molar-refractivity contribution is 9.10. The lowest BCUT2D eigenvalue weighted by molar-refractivity contribution is -0.124. The number of carbonyl (C=O) groups is 1. The molecule has 0 saturated carbocycles. The average molecular weight is 352 g/mol. The van der Waals surface area contributed by atoms with Crippen LogP contribution in [0.15, 0.2) is 22.7 Å². The van der Waals surface area contributed by atoms with E-state index in [1.54, 1.807) is 12.1 Å². The molecule has 1 heterocycles. The molecule has 3 nitrogen and oxygen atoms in total. The number of rotatable bonds is 4. The minimum Gasteiger partial charge on any atom is -0.355 e. The van der Waals surface area contributed by atoms with Gasteiger partial charge in [-0.25, -0.2) is 4.39 Å². The summed E-state index contributed by atoms with van der Waals surface area (Å²) >= 11 is 3.31. The predicted molar refractivity (Wildman–Crippen MR) is 79.0 cm³/mol. The van der Waals surface area contributed by atoms with Crippen LogP contribution in [0.4, 0.5) is 4.39 Å². The minimum atomic E-state index is -0.227. The number of benzene rings is 1. The molecule has 1 aliphatic heterocycles. The number of hydrogen-bond donors (Lipinski definition) is 2. The van der Waals surface area contributed by atoms with E-state index in [2.05, 4.69) is 26.6 Å². The third kappa shape index (κ3) is 4.75. The van der Waals surface area contributed by atoms with Gasteiger partial charge in [-0.3, -0.25) is 4.79 Å². The fourth-order valence-electron chi connectivity index (χ4n) is 2.08. The Morgan fingerprint density at radius 3 is 3.00 bits per heavy atom. The lowest BCUT2D eigenvalue weighted by atomic mass is 10.1. The highest BCUT2D eigenvalue weighted by Gasteiger charge is 2.21. The molecule has 1 aromatic carbocycles. The van der Waals surface area contributed by atoms with E-state index in [1.807, 2.05) is 0 Å². The van der Waals surface area contributed by atoms with Crippen LogP contribution < -0.4 is 10.6 Å². The Labute approximate surface area is 126 Å². The molecule has 1 unspecified atom stereocenters. The third-order valence-electron chi connectivity index (χ3n) is 3.13. The van der Waals surface area contributed by atoms with Gasteiger partial charge in [-0.1, -0.05) is 15.9 Å². The van der Waals surface area contributed by atoms with Gasteiger partial charge in [0.25, 0.3) is 0 Å². The molecule has 1 saturated heterocycles. The zero-order valence-electron chi connectivity index (χ0n) is 10.4. The van der Waals surface area contributed by atoms with E-state index in [9.17, 15) is 9.18 Å². The second-order valence-electron chi connectivity index (χ2n) is 4.47. The van der Waals surface area contributed by atoms with Crippen molar-refractivity contribution in [1.29, 1.82) is 0 Å². The summed E-state index contributed by atoms with van der Waals surface area (Å²) in [6.45, 7) is 2.12. The Morgan fingerprint density at radius 2 is 2.32 bits per heavy atom. The molecule has 6 heteroatoms. The van der Waals surface area contributed by atoms with Crippen molar-refractivity contribution >= 4 is 34.2 Å². The molecule has 2 N–H and O–H groups in total. The van der Waals surface area contributed by atoms with E-state index in [0.29, 0.717) is 18.5 Å². The molecule has 0 bridgehead atoms. The molecule has 1 amide bonds. The molecule has 1 atom stereocenters. The molecule has 106 valence electrons. The van der Waals surface area contributed by atoms with Gasteiger partial charge in [0.15, 0.2) is 0 Å². The second kappa shape index (κ2) is 7.82. The molecule has 19 heavy (non-hydrogen) atoms. The van der Waals surface area contributed by atoms with E-state index >= 15 is 0 Å². The molecule has 2 rings (SSSR count). The van der Waals surface area contributed by atoms with Crippen molar-refractivity contribution in [2.45, 2.75) is 12.8 Å². The average Bonchev–Trinajstić information content (AvgIpc) is 2.87. The molecule has 0 spiro atoms. The molecule has 1 fully saturated rings. The van der Waals surface area contributed by atoms with Crippen LogP contribution in [-0.2, 0) is 11.2 Å². The number of halogens is 3. The monoisotopic (exact) mass is 350 g/mol. The summed E-state index contributed by atoms with van der Waals surface area (Å²) in [4.78, 5) is 11.7. The van der Waals surface area contributed by atoms with E-state index in [4.69, 9.17) is 0 Å². The van der Waals surface area contributed by atoms with Crippen LogP contribution in [0.1, 0.15) is 12.0 Å². The zero-order chi connectivity index (χ0) is 13.0. The maximum absolute atomic E-state index is 13.5. The Bertz CT molecular complexity index is 439. The first-order valence-corrected chi connectivity index (χ1v) is 6.88. The Balaban J connectivity index is 0.00000180. The Morgan fingerprint density at radius 1 is 1.53 bits per heavy atom. The van der Waals surface area contributed by atoms with Crippen molar-refractivity contribution in [2.75, 3.05) is 19.6 Å². The highest BCUT2D eigenvalue weighted by Crippen LogP contribution is 2.15.